The van der Waals surface area contributed by atoms with Gasteiger partial charge in [-0.2, -0.15) is 0 Å². The molecule has 0 radical (unpaired) electrons. The molecule has 5 nitrogen and oxygen atoms in total. The molecule has 0 aliphatic heterocycles. The summed E-state index contributed by atoms with van der Waals surface area (Å²) in [6, 6.07) is 4.35. The highest BCUT2D eigenvalue weighted by Gasteiger charge is 2.10. The number of nitrogens with one attached hydrogen (secondary N) is 1. The molecule has 0 aromatic carbocycles. The molecular formula is C11H7BrN2O3S. The van der Waals surface area contributed by atoms with E-state index in [0.717, 1.165) is 3.79 Å². The van der Waals surface area contributed by atoms with Crippen molar-refractivity contribution in [3.05, 3.63) is 44.7 Å². The van der Waals surface area contributed by atoms with Crippen molar-refractivity contribution < 1.29 is 14.7 Å². The molecule has 1 amide bonds. The second-order valence-electron chi connectivity index (χ2n) is 3.33. The van der Waals surface area contributed by atoms with Crippen LogP contribution in [0.2, 0.25) is 0 Å². The first-order chi connectivity index (χ1) is 8.56. The van der Waals surface area contributed by atoms with Crippen molar-refractivity contribution in [3.63, 3.8) is 0 Å². The third-order valence-electron chi connectivity index (χ3n) is 2.08. The highest BCUT2D eigenvalue weighted by Crippen LogP contribution is 2.21. The molecule has 0 aliphatic rings. The molecule has 0 spiro atoms. The van der Waals surface area contributed by atoms with Gasteiger partial charge in [0, 0.05) is 11.6 Å². The molecule has 0 saturated heterocycles. The molecule has 0 fully saturated rings. The maximum atomic E-state index is 11.8. The van der Waals surface area contributed by atoms with Gasteiger partial charge >= 0.3 is 5.97 Å². The van der Waals surface area contributed by atoms with Crippen molar-refractivity contribution in [1.82, 2.24) is 4.98 Å². The SMILES string of the molecule is O=C(O)c1ccnc(NC(=O)c2csc(Br)c2)c1. The number of hydrogen-bond donors (Lipinski definition) is 2. The Morgan fingerprint density at radius 3 is 2.72 bits per heavy atom. The highest BCUT2D eigenvalue weighted by atomic mass is 79.9. The van der Waals surface area contributed by atoms with Gasteiger partial charge in [0.25, 0.3) is 5.91 Å². The Hall–Kier alpha value is -1.73. The second kappa shape index (κ2) is 5.28. The van der Waals surface area contributed by atoms with Crippen molar-refractivity contribution in [2.24, 2.45) is 0 Å². The lowest BCUT2D eigenvalue weighted by Gasteiger charge is -2.03. The first-order valence-electron chi connectivity index (χ1n) is 4.81. The van der Waals surface area contributed by atoms with E-state index in [1.165, 1.54) is 29.7 Å². The summed E-state index contributed by atoms with van der Waals surface area (Å²) in [4.78, 5) is 26.5. The third-order valence-corrected chi connectivity index (χ3v) is 3.58. The van der Waals surface area contributed by atoms with Gasteiger partial charge in [0.05, 0.1) is 14.9 Å². The Labute approximate surface area is 115 Å². The summed E-state index contributed by atoms with van der Waals surface area (Å²) in [6.07, 6.45) is 1.34. The van der Waals surface area contributed by atoms with E-state index in [0.29, 0.717) is 5.56 Å². The number of rotatable bonds is 3. The minimum atomic E-state index is -1.06. The molecule has 0 saturated carbocycles. The molecule has 7 heteroatoms. The van der Waals surface area contributed by atoms with Crippen molar-refractivity contribution in [1.29, 1.82) is 0 Å². The number of carbonyl (C=O) groups excluding carboxylic acids is 1. The van der Waals surface area contributed by atoms with E-state index in [-0.39, 0.29) is 17.3 Å². The predicted octanol–water partition coefficient (Wildman–Crippen LogP) is 2.86. The summed E-state index contributed by atoms with van der Waals surface area (Å²) < 4.78 is 0.847. The van der Waals surface area contributed by atoms with Crippen molar-refractivity contribution in [2.45, 2.75) is 0 Å². The average molecular weight is 327 g/mol. The van der Waals surface area contributed by atoms with E-state index in [1.54, 1.807) is 11.4 Å². The summed E-state index contributed by atoms with van der Waals surface area (Å²) >= 11 is 4.65. The predicted molar refractivity (Wildman–Crippen MR) is 71.2 cm³/mol. The number of nitrogens with zero attached hydrogens (tertiary/aromatic N) is 1. The van der Waals surface area contributed by atoms with Crippen LogP contribution in [0.15, 0.2) is 33.6 Å². The first-order valence-corrected chi connectivity index (χ1v) is 6.48. The second-order valence-corrected chi connectivity index (χ2v) is 5.62. The largest absolute Gasteiger partial charge is 0.478 e. The van der Waals surface area contributed by atoms with Gasteiger partial charge in [-0.05, 0) is 34.1 Å². The van der Waals surface area contributed by atoms with Crippen molar-refractivity contribution in [3.8, 4) is 0 Å². The van der Waals surface area contributed by atoms with Gasteiger partial charge in [-0.1, -0.05) is 0 Å². The van der Waals surface area contributed by atoms with Crippen LogP contribution in [-0.2, 0) is 0 Å². The molecule has 2 aromatic rings. The quantitative estimate of drug-likeness (QED) is 0.908. The lowest BCUT2D eigenvalue weighted by molar-refractivity contribution is 0.0696. The van der Waals surface area contributed by atoms with Crippen LogP contribution in [-0.4, -0.2) is 22.0 Å². The van der Waals surface area contributed by atoms with Crippen LogP contribution in [0.1, 0.15) is 20.7 Å². The molecule has 0 atom stereocenters. The fraction of sp³-hybridized carbons (Fsp3) is 0. The molecule has 18 heavy (non-hydrogen) atoms. The van der Waals surface area contributed by atoms with Gasteiger partial charge in [-0.3, -0.25) is 4.79 Å². The Balaban J connectivity index is 2.16. The highest BCUT2D eigenvalue weighted by molar-refractivity contribution is 9.11. The maximum Gasteiger partial charge on any atom is 0.335 e. The normalized spacial score (nSPS) is 10.1. The summed E-state index contributed by atoms with van der Waals surface area (Å²) in [7, 11) is 0. The number of anilines is 1. The number of aromatic nitrogens is 1. The van der Waals surface area contributed by atoms with E-state index in [9.17, 15) is 9.59 Å². The lowest BCUT2D eigenvalue weighted by atomic mass is 10.2. The Morgan fingerprint density at radius 1 is 1.33 bits per heavy atom. The number of amides is 1. The van der Waals surface area contributed by atoms with Crippen LogP contribution in [0, 0.1) is 0 Å². The van der Waals surface area contributed by atoms with Crippen LogP contribution >= 0.6 is 27.3 Å². The Kier molecular flexibility index (Phi) is 3.73. The zero-order valence-corrected chi connectivity index (χ0v) is 11.3. The van der Waals surface area contributed by atoms with E-state index < -0.39 is 5.97 Å². The number of thiophene rings is 1. The number of pyridine rings is 1. The average Bonchev–Trinajstić information content (AvgIpc) is 2.76. The molecule has 0 unspecified atom stereocenters. The number of carboxylic acid groups (broad SMARTS) is 1. The Bertz CT molecular complexity index is 612. The molecule has 2 N–H and O–H groups in total. The fourth-order valence-electron chi connectivity index (χ4n) is 1.25. The molecular weight excluding hydrogens is 320 g/mol. The van der Waals surface area contributed by atoms with Crippen LogP contribution in [0.3, 0.4) is 0 Å². The molecule has 2 rings (SSSR count). The number of carboxylic acids is 1. The smallest absolute Gasteiger partial charge is 0.335 e. The summed E-state index contributed by atoms with van der Waals surface area (Å²) in [5, 5.41) is 13.1. The lowest BCUT2D eigenvalue weighted by Crippen LogP contribution is -2.12. The van der Waals surface area contributed by atoms with Gasteiger partial charge < -0.3 is 10.4 Å². The van der Waals surface area contributed by atoms with Crippen LogP contribution in [0.25, 0.3) is 0 Å². The van der Waals surface area contributed by atoms with Gasteiger partial charge in [0.15, 0.2) is 0 Å². The summed E-state index contributed by atoms with van der Waals surface area (Å²) in [5.41, 5.74) is 0.571. The van der Waals surface area contributed by atoms with Crippen LogP contribution < -0.4 is 5.32 Å². The number of carbonyl (C=O) groups is 2. The van der Waals surface area contributed by atoms with Gasteiger partial charge in [0.2, 0.25) is 0 Å². The summed E-state index contributed by atoms with van der Waals surface area (Å²) in [5.74, 6) is -1.18. The van der Waals surface area contributed by atoms with E-state index >= 15 is 0 Å². The minimum absolute atomic E-state index is 0.0757. The molecule has 2 aromatic heterocycles. The van der Waals surface area contributed by atoms with E-state index in [1.807, 2.05) is 0 Å². The minimum Gasteiger partial charge on any atom is -0.478 e. The first kappa shape index (κ1) is 12.7. The standard InChI is InChI=1S/C11H7BrN2O3S/c12-8-3-7(5-18-8)10(15)14-9-4-6(11(16)17)1-2-13-9/h1-5H,(H,16,17)(H,13,14,15). The topological polar surface area (TPSA) is 79.3 Å². The fourth-order valence-corrected chi connectivity index (χ4v) is 2.39. The molecule has 0 bridgehead atoms. The summed E-state index contributed by atoms with van der Waals surface area (Å²) in [6.45, 7) is 0. The number of halogens is 1. The van der Waals surface area contributed by atoms with Gasteiger partial charge in [-0.15, -0.1) is 11.3 Å². The van der Waals surface area contributed by atoms with Crippen molar-refractivity contribution in [2.75, 3.05) is 5.32 Å². The monoisotopic (exact) mass is 326 g/mol. The van der Waals surface area contributed by atoms with Gasteiger partial charge in [0.1, 0.15) is 5.82 Å². The van der Waals surface area contributed by atoms with Crippen LogP contribution in [0.5, 0.6) is 0 Å². The third kappa shape index (κ3) is 2.93. The molecule has 0 aliphatic carbocycles. The van der Waals surface area contributed by atoms with E-state index in [4.69, 9.17) is 5.11 Å². The zero-order valence-electron chi connectivity index (χ0n) is 8.88. The van der Waals surface area contributed by atoms with Crippen LogP contribution in [0.4, 0.5) is 5.82 Å². The van der Waals surface area contributed by atoms with Crippen molar-refractivity contribution >= 4 is 45.0 Å². The molecule has 92 valence electrons. The molecule has 2 heterocycles. The number of aromatic carboxylic acids is 1. The van der Waals surface area contributed by atoms with Gasteiger partial charge in [-0.25, -0.2) is 9.78 Å². The zero-order chi connectivity index (χ0) is 13.1. The Morgan fingerprint density at radius 2 is 2.11 bits per heavy atom. The number of hydrogen-bond acceptors (Lipinski definition) is 4. The maximum absolute atomic E-state index is 11.8. The van der Waals surface area contributed by atoms with E-state index in [2.05, 4.69) is 26.2 Å².